The van der Waals surface area contributed by atoms with Crippen LogP contribution < -0.4 is 5.73 Å². The molecule has 2 N–H and O–H groups in total. The maximum absolute atomic E-state index is 6.32. The van der Waals surface area contributed by atoms with Crippen LogP contribution in [0.1, 0.15) is 36.8 Å². The summed E-state index contributed by atoms with van der Waals surface area (Å²) in [6.07, 6.45) is 2.92. The summed E-state index contributed by atoms with van der Waals surface area (Å²) in [4.78, 5) is 4.63. The van der Waals surface area contributed by atoms with Gasteiger partial charge in [-0.05, 0) is 38.3 Å². The maximum atomic E-state index is 6.32. The number of para-hydroxylation sites is 1. The number of ether oxygens (including phenoxy) is 1. The number of aromatic nitrogens is 3. The molecule has 5 nitrogen and oxygen atoms in total. The number of nitrogens with zero attached hydrogens (tertiary/aromatic N) is 3. The summed E-state index contributed by atoms with van der Waals surface area (Å²) in [7, 11) is 1.72. The van der Waals surface area contributed by atoms with Gasteiger partial charge in [0, 0.05) is 19.1 Å². The van der Waals surface area contributed by atoms with E-state index in [4.69, 9.17) is 22.1 Å². The van der Waals surface area contributed by atoms with Gasteiger partial charge in [0.25, 0.3) is 0 Å². The summed E-state index contributed by atoms with van der Waals surface area (Å²) >= 11 is 6.32. The maximum Gasteiger partial charge on any atom is 0.148 e. The minimum atomic E-state index is 0. The minimum absolute atomic E-state index is 0. The van der Waals surface area contributed by atoms with Gasteiger partial charge in [0.2, 0.25) is 0 Å². The summed E-state index contributed by atoms with van der Waals surface area (Å²) in [5, 5.41) is 5.20. The quantitative estimate of drug-likeness (QED) is 0.916. The molecule has 23 heavy (non-hydrogen) atoms. The van der Waals surface area contributed by atoms with Gasteiger partial charge >= 0.3 is 0 Å². The van der Waals surface area contributed by atoms with Gasteiger partial charge < -0.3 is 10.5 Å². The van der Waals surface area contributed by atoms with Crippen LogP contribution in [0.2, 0.25) is 5.02 Å². The zero-order chi connectivity index (χ0) is 15.7. The summed E-state index contributed by atoms with van der Waals surface area (Å²) in [6, 6.07) is 7.72. The normalized spacial score (nSPS) is 24.3. The molecule has 1 aromatic heterocycles. The molecule has 1 heterocycles. The first kappa shape index (κ1) is 18.2. The Kier molecular flexibility index (Phi) is 6.03. The van der Waals surface area contributed by atoms with Gasteiger partial charge in [-0.3, -0.25) is 0 Å². The van der Waals surface area contributed by atoms with E-state index < -0.39 is 0 Å². The van der Waals surface area contributed by atoms with E-state index in [1.165, 1.54) is 0 Å². The van der Waals surface area contributed by atoms with Gasteiger partial charge in [-0.2, -0.15) is 5.10 Å². The molecule has 0 amide bonds. The van der Waals surface area contributed by atoms with Crippen molar-refractivity contribution in [3.05, 3.63) is 40.9 Å². The fourth-order valence-electron chi connectivity index (χ4n) is 3.20. The Hall–Kier alpha value is -1.14. The van der Waals surface area contributed by atoms with Crippen LogP contribution >= 0.6 is 24.0 Å². The second-order valence-corrected chi connectivity index (χ2v) is 6.24. The van der Waals surface area contributed by atoms with Crippen LogP contribution in [0.25, 0.3) is 5.69 Å². The third-order valence-electron chi connectivity index (χ3n) is 4.32. The Morgan fingerprint density at radius 1 is 1.30 bits per heavy atom. The molecular formula is C16H22Cl2N4O. The van der Waals surface area contributed by atoms with E-state index in [9.17, 15) is 0 Å². The fourth-order valence-corrected chi connectivity index (χ4v) is 3.42. The first-order valence-corrected chi connectivity index (χ1v) is 7.94. The Bertz CT molecular complexity index is 661. The highest BCUT2D eigenvalue weighted by atomic mass is 35.5. The molecule has 0 aliphatic heterocycles. The van der Waals surface area contributed by atoms with E-state index in [0.717, 1.165) is 36.6 Å². The Morgan fingerprint density at radius 2 is 2.04 bits per heavy atom. The summed E-state index contributed by atoms with van der Waals surface area (Å²) < 4.78 is 7.30. The Balaban J connectivity index is 0.00000192. The van der Waals surface area contributed by atoms with Gasteiger partial charge in [0.1, 0.15) is 11.6 Å². The molecule has 1 aromatic carbocycles. The SMILES string of the molecule is CO[C@@H]1CC[C@H](c2nc(C)nn2-c2ccccc2Cl)C[C@H]1N.Cl. The lowest BCUT2D eigenvalue weighted by Gasteiger charge is -2.32. The minimum Gasteiger partial charge on any atom is -0.380 e. The lowest BCUT2D eigenvalue weighted by Crippen LogP contribution is -2.41. The highest BCUT2D eigenvalue weighted by Crippen LogP contribution is 2.34. The molecule has 1 aliphatic carbocycles. The fraction of sp³-hybridized carbons (Fsp3) is 0.500. The predicted octanol–water partition coefficient (Wildman–Crippen LogP) is 3.26. The zero-order valence-electron chi connectivity index (χ0n) is 13.3. The van der Waals surface area contributed by atoms with Crippen molar-refractivity contribution < 1.29 is 4.74 Å². The smallest absolute Gasteiger partial charge is 0.148 e. The van der Waals surface area contributed by atoms with E-state index in [-0.39, 0.29) is 30.5 Å². The van der Waals surface area contributed by atoms with Crippen LogP contribution in [-0.2, 0) is 4.74 Å². The topological polar surface area (TPSA) is 66.0 Å². The van der Waals surface area contributed by atoms with Crippen molar-refractivity contribution >= 4 is 24.0 Å². The molecule has 0 unspecified atom stereocenters. The van der Waals surface area contributed by atoms with Crippen molar-refractivity contribution in [2.24, 2.45) is 5.73 Å². The number of rotatable bonds is 3. The molecule has 7 heteroatoms. The Morgan fingerprint density at radius 3 is 2.70 bits per heavy atom. The molecule has 126 valence electrons. The highest BCUT2D eigenvalue weighted by Gasteiger charge is 2.32. The number of methoxy groups -OCH3 is 1. The molecule has 0 bridgehead atoms. The van der Waals surface area contributed by atoms with Gasteiger partial charge in [-0.25, -0.2) is 9.67 Å². The van der Waals surface area contributed by atoms with Gasteiger partial charge in [-0.1, -0.05) is 23.7 Å². The number of benzene rings is 1. The lowest BCUT2D eigenvalue weighted by molar-refractivity contribution is 0.0482. The molecule has 2 aromatic rings. The first-order chi connectivity index (χ1) is 10.6. The van der Waals surface area contributed by atoms with Gasteiger partial charge in [0.05, 0.1) is 16.8 Å². The van der Waals surface area contributed by atoms with Crippen LogP contribution in [0, 0.1) is 6.92 Å². The third-order valence-corrected chi connectivity index (χ3v) is 4.64. The highest BCUT2D eigenvalue weighted by molar-refractivity contribution is 6.32. The summed E-state index contributed by atoms with van der Waals surface area (Å²) in [5.74, 6) is 1.96. The van der Waals surface area contributed by atoms with E-state index in [2.05, 4.69) is 10.1 Å². The van der Waals surface area contributed by atoms with Crippen LogP contribution in [-0.4, -0.2) is 34.0 Å². The third kappa shape index (κ3) is 3.69. The number of hydrogen-bond acceptors (Lipinski definition) is 4. The molecule has 3 atom stereocenters. The summed E-state index contributed by atoms with van der Waals surface area (Å²) in [6.45, 7) is 1.90. The first-order valence-electron chi connectivity index (χ1n) is 7.57. The lowest BCUT2D eigenvalue weighted by atomic mass is 9.83. The van der Waals surface area contributed by atoms with Crippen molar-refractivity contribution in [2.75, 3.05) is 7.11 Å². The number of nitrogens with two attached hydrogens (primary N) is 1. The molecule has 0 radical (unpaired) electrons. The van der Waals surface area contributed by atoms with Crippen molar-refractivity contribution in [2.45, 2.75) is 44.2 Å². The van der Waals surface area contributed by atoms with Crippen LogP contribution in [0.4, 0.5) is 0 Å². The van der Waals surface area contributed by atoms with Crippen molar-refractivity contribution in [1.82, 2.24) is 14.8 Å². The average molecular weight is 357 g/mol. The van der Waals surface area contributed by atoms with Crippen LogP contribution in [0.3, 0.4) is 0 Å². The molecule has 0 saturated heterocycles. The summed E-state index contributed by atoms with van der Waals surface area (Å²) in [5.41, 5.74) is 7.10. The van der Waals surface area contributed by atoms with Crippen molar-refractivity contribution in [3.8, 4) is 5.69 Å². The molecule has 0 spiro atoms. The van der Waals surface area contributed by atoms with Gasteiger partial charge in [0.15, 0.2) is 0 Å². The standard InChI is InChI=1S/C16H21ClN4O.ClH/c1-10-19-16(11-7-8-15(22-2)13(18)9-11)21(20-10)14-6-4-3-5-12(14)17;/h3-6,11,13,15H,7-9,18H2,1-2H3;1H/t11-,13+,15+;/m0./s1. The monoisotopic (exact) mass is 356 g/mol. The molecular weight excluding hydrogens is 335 g/mol. The van der Waals surface area contributed by atoms with E-state index >= 15 is 0 Å². The van der Waals surface area contributed by atoms with Crippen molar-refractivity contribution in [3.63, 3.8) is 0 Å². The average Bonchev–Trinajstić information content (AvgIpc) is 2.89. The second-order valence-electron chi connectivity index (χ2n) is 5.83. The number of halogens is 2. The number of aryl methyl sites for hydroxylation is 1. The van der Waals surface area contributed by atoms with Crippen LogP contribution in [0.15, 0.2) is 24.3 Å². The predicted molar refractivity (Wildman–Crippen MR) is 93.7 cm³/mol. The zero-order valence-corrected chi connectivity index (χ0v) is 14.8. The van der Waals surface area contributed by atoms with E-state index in [0.29, 0.717) is 5.02 Å². The molecule has 1 fully saturated rings. The largest absolute Gasteiger partial charge is 0.380 e. The van der Waals surface area contributed by atoms with Crippen molar-refractivity contribution in [1.29, 1.82) is 0 Å². The second kappa shape index (κ2) is 7.62. The molecule has 1 saturated carbocycles. The molecule has 1 aliphatic rings. The Labute approximate surface area is 147 Å². The number of hydrogen-bond donors (Lipinski definition) is 1. The molecule has 3 rings (SSSR count). The van der Waals surface area contributed by atoms with E-state index in [1.54, 1.807) is 7.11 Å². The van der Waals surface area contributed by atoms with Gasteiger partial charge in [-0.15, -0.1) is 12.4 Å². The van der Waals surface area contributed by atoms with Crippen LogP contribution in [0.5, 0.6) is 0 Å². The van der Waals surface area contributed by atoms with E-state index in [1.807, 2.05) is 35.9 Å².